The van der Waals surface area contributed by atoms with Crippen molar-refractivity contribution in [3.63, 3.8) is 0 Å². The fraction of sp³-hybridized carbons (Fsp3) is 0.538. The van der Waals surface area contributed by atoms with Crippen LogP contribution < -0.4 is 5.73 Å². The summed E-state index contributed by atoms with van der Waals surface area (Å²) in [5, 5.41) is 1.37. The van der Waals surface area contributed by atoms with Crippen LogP contribution in [0.4, 0.5) is 0 Å². The van der Waals surface area contributed by atoms with E-state index in [4.69, 9.17) is 22.1 Å². The number of hydrogen-bond donors (Lipinski definition) is 1. The Balaban J connectivity index is 2.04. The van der Waals surface area contributed by atoms with Gasteiger partial charge in [-0.05, 0) is 44.0 Å². The first kappa shape index (κ1) is 13.2. The van der Waals surface area contributed by atoms with Gasteiger partial charge in [0.25, 0.3) is 0 Å². The summed E-state index contributed by atoms with van der Waals surface area (Å²) >= 11 is 8.09. The molecule has 0 radical (unpaired) electrons. The van der Waals surface area contributed by atoms with E-state index in [0.29, 0.717) is 17.9 Å². The second kappa shape index (κ2) is 6.10. The molecule has 4 heteroatoms. The molecule has 0 saturated carbocycles. The molecule has 0 amide bonds. The van der Waals surface area contributed by atoms with Gasteiger partial charge in [0.05, 0.1) is 6.10 Å². The van der Waals surface area contributed by atoms with Crippen LogP contribution in [0, 0.1) is 0 Å². The third kappa shape index (κ3) is 3.38. The molecule has 1 aliphatic rings. The molecular weight excluding hydrogens is 254 g/mol. The molecule has 1 fully saturated rings. The van der Waals surface area contributed by atoms with Gasteiger partial charge in [-0.2, -0.15) is 0 Å². The van der Waals surface area contributed by atoms with Crippen molar-refractivity contribution < 1.29 is 4.74 Å². The number of nitrogens with two attached hydrogens (primary N) is 1. The van der Waals surface area contributed by atoms with Crippen molar-refractivity contribution in [1.82, 2.24) is 0 Å². The number of hydrogen-bond acceptors (Lipinski definition) is 3. The zero-order valence-corrected chi connectivity index (χ0v) is 11.6. The minimum atomic E-state index is 0.336. The van der Waals surface area contributed by atoms with Crippen LogP contribution in [0.1, 0.15) is 18.9 Å². The second-order valence-electron chi connectivity index (χ2n) is 4.31. The average Bonchev–Trinajstić information content (AvgIpc) is 2.69. The summed E-state index contributed by atoms with van der Waals surface area (Å²) < 4.78 is 5.56. The maximum atomic E-state index is 6.23. The maximum absolute atomic E-state index is 6.23. The van der Waals surface area contributed by atoms with Gasteiger partial charge in [-0.25, -0.2) is 0 Å². The summed E-state index contributed by atoms with van der Waals surface area (Å²) in [5.74, 6) is 0. The quantitative estimate of drug-likeness (QED) is 0.914. The van der Waals surface area contributed by atoms with Gasteiger partial charge in [0, 0.05) is 21.8 Å². The molecule has 0 bridgehead atoms. The average molecular weight is 272 g/mol. The van der Waals surface area contributed by atoms with Gasteiger partial charge in [0.1, 0.15) is 0 Å². The van der Waals surface area contributed by atoms with Crippen LogP contribution in [-0.2, 0) is 11.2 Å². The molecule has 2 unspecified atom stereocenters. The number of thioether (sulfide) groups is 1. The van der Waals surface area contributed by atoms with Crippen molar-refractivity contribution in [2.45, 2.75) is 36.0 Å². The molecule has 1 aromatic rings. The summed E-state index contributed by atoms with van der Waals surface area (Å²) in [7, 11) is 0. The molecule has 2 N–H and O–H groups in total. The first-order valence-electron chi connectivity index (χ1n) is 5.97. The minimum Gasteiger partial charge on any atom is -0.377 e. The first-order valence-corrected chi connectivity index (χ1v) is 7.23. The molecule has 1 saturated heterocycles. The Hall–Kier alpha value is -0.220. The van der Waals surface area contributed by atoms with Crippen LogP contribution in [0.5, 0.6) is 0 Å². The van der Waals surface area contributed by atoms with Crippen molar-refractivity contribution in [1.29, 1.82) is 0 Å². The predicted octanol–water partition coefficient (Wildman–Crippen LogP) is 3.11. The van der Waals surface area contributed by atoms with E-state index in [1.807, 2.05) is 17.8 Å². The van der Waals surface area contributed by atoms with E-state index in [-0.39, 0.29) is 0 Å². The van der Waals surface area contributed by atoms with Crippen LogP contribution in [0.3, 0.4) is 0 Å². The molecule has 0 spiro atoms. The molecule has 0 aliphatic carbocycles. The predicted molar refractivity (Wildman–Crippen MR) is 73.9 cm³/mol. The maximum Gasteiger partial charge on any atom is 0.0669 e. The molecule has 94 valence electrons. The molecule has 2 rings (SSSR count). The molecule has 1 aliphatic heterocycles. The Kier molecular flexibility index (Phi) is 4.74. The Bertz CT molecular complexity index is 386. The van der Waals surface area contributed by atoms with Crippen molar-refractivity contribution in [2.75, 3.05) is 13.2 Å². The highest BCUT2D eigenvalue weighted by atomic mass is 35.5. The lowest BCUT2D eigenvalue weighted by Gasteiger charge is -2.14. The van der Waals surface area contributed by atoms with Gasteiger partial charge < -0.3 is 10.5 Å². The monoisotopic (exact) mass is 271 g/mol. The number of halogens is 1. The van der Waals surface area contributed by atoms with Crippen LogP contribution in [0.25, 0.3) is 0 Å². The summed E-state index contributed by atoms with van der Waals surface area (Å²) in [5.41, 5.74) is 6.67. The first-order chi connectivity index (χ1) is 8.20. The highest BCUT2D eigenvalue weighted by Crippen LogP contribution is 2.34. The van der Waals surface area contributed by atoms with Gasteiger partial charge in [0.2, 0.25) is 0 Å². The van der Waals surface area contributed by atoms with E-state index in [9.17, 15) is 0 Å². The van der Waals surface area contributed by atoms with E-state index in [1.165, 1.54) is 4.90 Å². The molecule has 17 heavy (non-hydrogen) atoms. The molecule has 1 aromatic carbocycles. The fourth-order valence-electron chi connectivity index (χ4n) is 2.00. The summed E-state index contributed by atoms with van der Waals surface area (Å²) in [6.45, 7) is 3.65. The van der Waals surface area contributed by atoms with Gasteiger partial charge in [0.15, 0.2) is 0 Å². The SMILES string of the molecule is CC1OCCC1Sc1ccc(CCN)c(Cl)c1. The van der Waals surface area contributed by atoms with E-state index in [1.54, 1.807) is 0 Å². The molecule has 2 nitrogen and oxygen atoms in total. The largest absolute Gasteiger partial charge is 0.377 e. The minimum absolute atomic E-state index is 0.336. The van der Waals surface area contributed by atoms with Crippen molar-refractivity contribution in [2.24, 2.45) is 5.73 Å². The van der Waals surface area contributed by atoms with Crippen molar-refractivity contribution >= 4 is 23.4 Å². The summed E-state index contributed by atoms with van der Waals surface area (Å²) in [4.78, 5) is 1.22. The molecule has 2 atom stereocenters. The Morgan fingerprint density at radius 1 is 1.53 bits per heavy atom. The Morgan fingerprint density at radius 3 is 2.94 bits per heavy atom. The van der Waals surface area contributed by atoms with Gasteiger partial charge in [-0.15, -0.1) is 11.8 Å². The highest BCUT2D eigenvalue weighted by molar-refractivity contribution is 8.00. The lowest BCUT2D eigenvalue weighted by Crippen LogP contribution is -2.12. The molecule has 0 aromatic heterocycles. The van der Waals surface area contributed by atoms with Crippen molar-refractivity contribution in [3.8, 4) is 0 Å². The standard InChI is InChI=1S/C13H18ClNOS/c1-9-13(5-7-16-9)17-11-3-2-10(4-6-15)12(14)8-11/h2-3,8-9,13H,4-7,15H2,1H3. The Morgan fingerprint density at radius 2 is 2.35 bits per heavy atom. The Labute approximate surface area is 112 Å². The normalized spacial score (nSPS) is 24.2. The molecular formula is C13H18ClNOS. The fourth-order valence-corrected chi connectivity index (χ4v) is 3.51. The lowest BCUT2D eigenvalue weighted by atomic mass is 10.1. The van der Waals surface area contributed by atoms with Crippen LogP contribution >= 0.6 is 23.4 Å². The highest BCUT2D eigenvalue weighted by Gasteiger charge is 2.25. The van der Waals surface area contributed by atoms with E-state index >= 15 is 0 Å². The van der Waals surface area contributed by atoms with Gasteiger partial charge >= 0.3 is 0 Å². The third-order valence-electron chi connectivity index (χ3n) is 3.03. The van der Waals surface area contributed by atoms with Crippen LogP contribution in [-0.4, -0.2) is 24.5 Å². The summed E-state index contributed by atoms with van der Waals surface area (Å²) in [6, 6.07) is 6.26. The topological polar surface area (TPSA) is 35.2 Å². The van der Waals surface area contributed by atoms with Gasteiger partial charge in [-0.1, -0.05) is 17.7 Å². The van der Waals surface area contributed by atoms with E-state index in [2.05, 4.69) is 19.1 Å². The second-order valence-corrected chi connectivity index (χ2v) is 6.03. The van der Waals surface area contributed by atoms with Crippen LogP contribution in [0.2, 0.25) is 5.02 Å². The zero-order chi connectivity index (χ0) is 12.3. The zero-order valence-electron chi connectivity index (χ0n) is 9.99. The van der Waals surface area contributed by atoms with E-state index in [0.717, 1.165) is 30.0 Å². The molecule has 1 heterocycles. The summed E-state index contributed by atoms with van der Waals surface area (Å²) in [6.07, 6.45) is 2.29. The van der Waals surface area contributed by atoms with Gasteiger partial charge in [-0.3, -0.25) is 0 Å². The number of benzene rings is 1. The number of rotatable bonds is 4. The van der Waals surface area contributed by atoms with Crippen molar-refractivity contribution in [3.05, 3.63) is 28.8 Å². The number of ether oxygens (including phenoxy) is 1. The van der Waals surface area contributed by atoms with Crippen LogP contribution in [0.15, 0.2) is 23.1 Å². The van der Waals surface area contributed by atoms with E-state index < -0.39 is 0 Å². The lowest BCUT2D eigenvalue weighted by molar-refractivity contribution is 0.127. The smallest absolute Gasteiger partial charge is 0.0669 e. The third-order valence-corrected chi connectivity index (χ3v) is 4.83.